The van der Waals surface area contributed by atoms with Crippen molar-refractivity contribution < 1.29 is 13.6 Å². The largest absolute Gasteiger partial charge is 0.352 e. The van der Waals surface area contributed by atoms with Crippen LogP contribution in [0.4, 0.5) is 8.78 Å². The van der Waals surface area contributed by atoms with E-state index < -0.39 is 17.5 Å². The van der Waals surface area contributed by atoms with Crippen LogP contribution in [0, 0.1) is 18.6 Å². The van der Waals surface area contributed by atoms with Crippen LogP contribution in [0.3, 0.4) is 0 Å². The highest BCUT2D eigenvalue weighted by molar-refractivity contribution is 5.94. The molecule has 1 amide bonds. The smallest absolute Gasteiger partial charge is 0.251 e. The molecule has 3 rings (SSSR count). The van der Waals surface area contributed by atoms with Gasteiger partial charge in [0.1, 0.15) is 0 Å². The quantitative estimate of drug-likeness (QED) is 0.732. The standard InChI is InChI=1S/C17H16F2N4O/c1-11-7-16-21-9-12(10-23(16)22-11)3-2-6-20-17(24)13-4-5-14(18)15(19)8-13/h4-5,7-10H,2-3,6H2,1H3,(H,20,24). The number of rotatable bonds is 5. The van der Waals surface area contributed by atoms with Gasteiger partial charge in [-0.25, -0.2) is 18.3 Å². The Bertz CT molecular complexity index is 891. The third-order valence-corrected chi connectivity index (χ3v) is 3.60. The maximum absolute atomic E-state index is 13.1. The van der Waals surface area contributed by atoms with Crippen molar-refractivity contribution in [3.05, 3.63) is 65.1 Å². The zero-order valence-electron chi connectivity index (χ0n) is 13.1. The zero-order chi connectivity index (χ0) is 17.1. The highest BCUT2D eigenvalue weighted by atomic mass is 19.2. The maximum Gasteiger partial charge on any atom is 0.251 e. The summed E-state index contributed by atoms with van der Waals surface area (Å²) in [7, 11) is 0. The number of nitrogens with one attached hydrogen (secondary N) is 1. The van der Waals surface area contributed by atoms with Crippen molar-refractivity contribution in [1.82, 2.24) is 19.9 Å². The molecule has 2 heterocycles. The van der Waals surface area contributed by atoms with Gasteiger partial charge in [0.15, 0.2) is 17.3 Å². The first-order valence-corrected chi connectivity index (χ1v) is 7.57. The van der Waals surface area contributed by atoms with E-state index in [-0.39, 0.29) is 5.56 Å². The Balaban J connectivity index is 1.52. The summed E-state index contributed by atoms with van der Waals surface area (Å²) in [5.41, 5.74) is 2.80. The minimum atomic E-state index is -1.03. The molecule has 1 N–H and O–H groups in total. The van der Waals surface area contributed by atoms with E-state index in [1.54, 1.807) is 10.7 Å². The number of hydrogen-bond donors (Lipinski definition) is 1. The Morgan fingerprint density at radius 1 is 1.25 bits per heavy atom. The molecule has 124 valence electrons. The number of hydrogen-bond acceptors (Lipinski definition) is 3. The van der Waals surface area contributed by atoms with Gasteiger partial charge in [0.25, 0.3) is 5.91 Å². The zero-order valence-corrected chi connectivity index (χ0v) is 13.1. The molecule has 0 atom stereocenters. The fourth-order valence-corrected chi connectivity index (χ4v) is 2.40. The topological polar surface area (TPSA) is 59.3 Å². The van der Waals surface area contributed by atoms with Crippen molar-refractivity contribution in [1.29, 1.82) is 0 Å². The van der Waals surface area contributed by atoms with Gasteiger partial charge in [-0.1, -0.05) is 0 Å². The normalized spacial score (nSPS) is 11.0. The van der Waals surface area contributed by atoms with Crippen molar-refractivity contribution in [2.75, 3.05) is 6.54 Å². The second-order valence-electron chi connectivity index (χ2n) is 5.54. The molecule has 1 aromatic carbocycles. The summed E-state index contributed by atoms with van der Waals surface area (Å²) in [6, 6.07) is 4.98. The van der Waals surface area contributed by atoms with Crippen LogP contribution in [0.5, 0.6) is 0 Å². The molecular weight excluding hydrogens is 314 g/mol. The molecule has 0 fully saturated rings. The van der Waals surface area contributed by atoms with Crippen molar-refractivity contribution >= 4 is 11.6 Å². The van der Waals surface area contributed by atoms with E-state index in [2.05, 4.69) is 15.4 Å². The van der Waals surface area contributed by atoms with Crippen LogP contribution in [0.2, 0.25) is 0 Å². The minimum absolute atomic E-state index is 0.101. The Kier molecular flexibility index (Phi) is 4.50. The summed E-state index contributed by atoms with van der Waals surface area (Å²) in [5.74, 6) is -2.43. The van der Waals surface area contributed by atoms with Crippen LogP contribution in [-0.2, 0) is 6.42 Å². The molecule has 0 aliphatic rings. The van der Waals surface area contributed by atoms with Gasteiger partial charge < -0.3 is 5.32 Å². The average Bonchev–Trinajstić information content (AvgIpc) is 2.93. The summed E-state index contributed by atoms with van der Waals surface area (Å²) < 4.78 is 27.7. The molecule has 0 radical (unpaired) electrons. The summed E-state index contributed by atoms with van der Waals surface area (Å²) in [6.07, 6.45) is 5.11. The molecule has 0 aliphatic heterocycles. The van der Waals surface area contributed by atoms with Crippen LogP contribution in [0.15, 0.2) is 36.7 Å². The Morgan fingerprint density at radius 3 is 2.88 bits per heavy atom. The molecule has 7 heteroatoms. The fourth-order valence-electron chi connectivity index (χ4n) is 2.40. The van der Waals surface area contributed by atoms with Crippen LogP contribution in [-0.4, -0.2) is 27.0 Å². The van der Waals surface area contributed by atoms with E-state index in [0.717, 1.165) is 35.5 Å². The van der Waals surface area contributed by atoms with Gasteiger partial charge in [0.2, 0.25) is 0 Å². The van der Waals surface area contributed by atoms with Gasteiger partial charge in [-0.05, 0) is 43.5 Å². The molecule has 3 aromatic rings. The molecule has 2 aromatic heterocycles. The highest BCUT2D eigenvalue weighted by Crippen LogP contribution is 2.09. The molecule has 0 spiro atoms. The predicted octanol–water partition coefficient (Wildman–Crippen LogP) is 2.68. The van der Waals surface area contributed by atoms with E-state index >= 15 is 0 Å². The van der Waals surface area contributed by atoms with Crippen molar-refractivity contribution in [2.45, 2.75) is 19.8 Å². The number of carbonyl (C=O) groups excluding carboxylic acids is 1. The van der Waals surface area contributed by atoms with Crippen LogP contribution in [0.25, 0.3) is 5.65 Å². The number of aryl methyl sites for hydroxylation is 2. The SMILES string of the molecule is Cc1cc2ncc(CCCNC(=O)c3ccc(F)c(F)c3)cn2n1. The second-order valence-corrected chi connectivity index (χ2v) is 5.54. The first kappa shape index (κ1) is 16.0. The van der Waals surface area contributed by atoms with E-state index in [1.807, 2.05) is 19.2 Å². The number of nitrogens with zero attached hydrogens (tertiary/aromatic N) is 3. The van der Waals surface area contributed by atoms with Crippen molar-refractivity contribution in [2.24, 2.45) is 0 Å². The van der Waals surface area contributed by atoms with Crippen LogP contribution < -0.4 is 5.32 Å². The maximum atomic E-state index is 13.1. The van der Waals surface area contributed by atoms with Gasteiger partial charge in [0, 0.05) is 30.6 Å². The van der Waals surface area contributed by atoms with Gasteiger partial charge in [-0.2, -0.15) is 5.10 Å². The highest BCUT2D eigenvalue weighted by Gasteiger charge is 2.09. The van der Waals surface area contributed by atoms with Gasteiger partial charge in [-0.15, -0.1) is 0 Å². The molecule has 0 saturated carbocycles. The lowest BCUT2D eigenvalue weighted by Gasteiger charge is -2.06. The van der Waals surface area contributed by atoms with E-state index in [0.29, 0.717) is 13.0 Å². The summed E-state index contributed by atoms with van der Waals surface area (Å²) in [5, 5.41) is 6.99. The summed E-state index contributed by atoms with van der Waals surface area (Å²) in [6.45, 7) is 2.33. The molecule has 0 saturated heterocycles. The lowest BCUT2D eigenvalue weighted by molar-refractivity contribution is 0.0952. The number of halogens is 2. The first-order valence-electron chi connectivity index (χ1n) is 7.57. The third-order valence-electron chi connectivity index (χ3n) is 3.60. The van der Waals surface area contributed by atoms with Crippen molar-refractivity contribution in [3.63, 3.8) is 0 Å². The monoisotopic (exact) mass is 330 g/mol. The van der Waals surface area contributed by atoms with E-state index in [4.69, 9.17) is 0 Å². The number of carbonyl (C=O) groups is 1. The van der Waals surface area contributed by atoms with Gasteiger partial charge in [0.05, 0.1) is 5.69 Å². The van der Waals surface area contributed by atoms with E-state index in [9.17, 15) is 13.6 Å². The molecule has 0 bridgehead atoms. The van der Waals surface area contributed by atoms with E-state index in [1.165, 1.54) is 6.07 Å². The van der Waals surface area contributed by atoms with Crippen LogP contribution in [0.1, 0.15) is 28.0 Å². The lowest BCUT2D eigenvalue weighted by atomic mass is 10.1. The second kappa shape index (κ2) is 6.74. The molecule has 0 aliphatic carbocycles. The summed E-state index contributed by atoms with van der Waals surface area (Å²) >= 11 is 0. The molecular formula is C17H16F2N4O. The van der Waals surface area contributed by atoms with Crippen molar-refractivity contribution in [3.8, 4) is 0 Å². The Hall–Kier alpha value is -2.83. The third kappa shape index (κ3) is 3.56. The number of aromatic nitrogens is 3. The number of amides is 1. The Morgan fingerprint density at radius 2 is 2.08 bits per heavy atom. The average molecular weight is 330 g/mol. The number of fused-ring (bicyclic) bond motifs is 1. The summed E-state index contributed by atoms with van der Waals surface area (Å²) in [4.78, 5) is 16.2. The fraction of sp³-hybridized carbons (Fsp3) is 0.235. The Labute approximate surface area is 137 Å². The van der Waals surface area contributed by atoms with Crippen LogP contribution >= 0.6 is 0 Å². The molecule has 24 heavy (non-hydrogen) atoms. The molecule has 0 unspecified atom stereocenters. The lowest BCUT2D eigenvalue weighted by Crippen LogP contribution is -2.25. The van der Waals surface area contributed by atoms with Gasteiger partial charge in [-0.3, -0.25) is 4.79 Å². The molecule has 5 nitrogen and oxygen atoms in total. The minimum Gasteiger partial charge on any atom is -0.352 e. The predicted molar refractivity (Wildman–Crippen MR) is 84.7 cm³/mol. The first-order chi connectivity index (χ1) is 11.5. The van der Waals surface area contributed by atoms with Gasteiger partial charge >= 0.3 is 0 Å². The number of benzene rings is 1.